The fraction of sp³-hybridized carbons (Fsp3) is 0.154. The van der Waals surface area contributed by atoms with Crippen LogP contribution >= 0.6 is 0 Å². The summed E-state index contributed by atoms with van der Waals surface area (Å²) in [5.41, 5.74) is 1.20. The van der Waals surface area contributed by atoms with Gasteiger partial charge >= 0.3 is 0 Å². The van der Waals surface area contributed by atoms with Crippen molar-refractivity contribution in [3.05, 3.63) is 52.7 Å². The van der Waals surface area contributed by atoms with Crippen LogP contribution in [0.1, 0.15) is 5.82 Å². The van der Waals surface area contributed by atoms with Gasteiger partial charge in [0.05, 0.1) is 4.92 Å². The summed E-state index contributed by atoms with van der Waals surface area (Å²) in [5.74, 6) is 0.784. The van der Waals surface area contributed by atoms with Crippen LogP contribution in [0, 0.1) is 10.1 Å². The van der Waals surface area contributed by atoms with Gasteiger partial charge in [-0.25, -0.2) is 9.97 Å². The Morgan fingerprint density at radius 3 is 2.95 bits per heavy atom. The van der Waals surface area contributed by atoms with Crippen molar-refractivity contribution in [2.45, 2.75) is 6.42 Å². The SMILES string of the molecule is O=[N+]([O-])c1cccc2c(NCCc3ncn[nH]3)ccnc12. The number of fused-ring (bicyclic) bond motifs is 1. The van der Waals surface area contributed by atoms with Crippen LogP contribution < -0.4 is 5.32 Å². The Hall–Kier alpha value is -3.03. The average molecular weight is 284 g/mol. The summed E-state index contributed by atoms with van der Waals surface area (Å²) in [6.45, 7) is 0.636. The maximum Gasteiger partial charge on any atom is 0.295 e. The third kappa shape index (κ3) is 2.64. The number of aromatic amines is 1. The van der Waals surface area contributed by atoms with Gasteiger partial charge in [0.25, 0.3) is 5.69 Å². The second kappa shape index (κ2) is 5.53. The molecular weight excluding hydrogens is 272 g/mol. The lowest BCUT2D eigenvalue weighted by Gasteiger charge is -2.08. The maximum atomic E-state index is 11.0. The monoisotopic (exact) mass is 284 g/mol. The van der Waals surface area contributed by atoms with Crippen molar-refractivity contribution in [3.63, 3.8) is 0 Å². The van der Waals surface area contributed by atoms with E-state index in [1.54, 1.807) is 18.3 Å². The number of benzene rings is 1. The van der Waals surface area contributed by atoms with E-state index in [2.05, 4.69) is 25.5 Å². The summed E-state index contributed by atoms with van der Waals surface area (Å²) in [4.78, 5) is 18.7. The Labute approximate surface area is 119 Å². The highest BCUT2D eigenvalue weighted by Gasteiger charge is 2.14. The molecule has 0 unspecified atom stereocenters. The van der Waals surface area contributed by atoms with E-state index < -0.39 is 4.92 Å². The zero-order valence-corrected chi connectivity index (χ0v) is 11.0. The number of anilines is 1. The summed E-state index contributed by atoms with van der Waals surface area (Å²) >= 11 is 0. The molecule has 0 saturated heterocycles. The van der Waals surface area contributed by atoms with E-state index in [0.29, 0.717) is 18.5 Å². The Bertz CT molecular complexity index is 771. The average Bonchev–Trinajstić information content (AvgIpc) is 3.00. The van der Waals surface area contributed by atoms with Gasteiger partial charge in [0.15, 0.2) is 0 Å². The molecule has 1 aromatic carbocycles. The standard InChI is InChI=1S/C13H12N6O2/c20-19(21)11-3-1-2-9-10(4-6-15-13(9)11)14-7-5-12-16-8-17-18-12/h1-4,6,8H,5,7H2,(H,14,15)(H,16,17,18). The van der Waals surface area contributed by atoms with Crippen LogP contribution in [0.15, 0.2) is 36.8 Å². The van der Waals surface area contributed by atoms with Crippen LogP contribution in [0.3, 0.4) is 0 Å². The molecule has 0 saturated carbocycles. The minimum absolute atomic E-state index is 0.00591. The van der Waals surface area contributed by atoms with Gasteiger partial charge in [0, 0.05) is 36.3 Å². The Morgan fingerprint density at radius 1 is 1.29 bits per heavy atom. The minimum atomic E-state index is -0.423. The lowest BCUT2D eigenvalue weighted by atomic mass is 10.1. The minimum Gasteiger partial charge on any atom is -0.384 e. The summed E-state index contributed by atoms with van der Waals surface area (Å²) in [6, 6.07) is 6.72. The molecule has 2 aromatic heterocycles. The number of hydrogen-bond donors (Lipinski definition) is 2. The lowest BCUT2D eigenvalue weighted by Crippen LogP contribution is -2.06. The van der Waals surface area contributed by atoms with Crippen molar-refractivity contribution >= 4 is 22.3 Å². The predicted octanol–water partition coefficient (Wildman–Crippen LogP) is 1.92. The van der Waals surface area contributed by atoms with Gasteiger partial charge in [-0.1, -0.05) is 12.1 Å². The number of non-ortho nitro benzene ring substituents is 1. The van der Waals surface area contributed by atoms with E-state index in [4.69, 9.17) is 0 Å². The molecule has 3 aromatic rings. The molecule has 2 heterocycles. The van der Waals surface area contributed by atoms with E-state index in [9.17, 15) is 10.1 Å². The second-order valence-electron chi connectivity index (χ2n) is 4.40. The number of nitrogens with one attached hydrogen (secondary N) is 2. The van der Waals surface area contributed by atoms with Crippen molar-refractivity contribution in [1.82, 2.24) is 20.2 Å². The number of nitrogens with zero attached hydrogens (tertiary/aromatic N) is 4. The van der Waals surface area contributed by atoms with Crippen LogP contribution in [0.5, 0.6) is 0 Å². The highest BCUT2D eigenvalue weighted by molar-refractivity contribution is 5.96. The summed E-state index contributed by atoms with van der Waals surface area (Å²) in [5, 5.41) is 21.6. The number of nitro groups is 1. The summed E-state index contributed by atoms with van der Waals surface area (Å²) in [7, 11) is 0. The molecule has 8 heteroatoms. The molecule has 106 valence electrons. The Morgan fingerprint density at radius 2 is 2.19 bits per heavy atom. The lowest BCUT2D eigenvalue weighted by molar-refractivity contribution is -0.383. The van der Waals surface area contributed by atoms with Crippen molar-refractivity contribution < 1.29 is 4.92 Å². The smallest absolute Gasteiger partial charge is 0.295 e. The third-order valence-corrected chi connectivity index (χ3v) is 3.09. The van der Waals surface area contributed by atoms with Gasteiger partial charge in [-0.2, -0.15) is 5.10 Å². The summed E-state index contributed by atoms with van der Waals surface area (Å²) < 4.78 is 0. The molecule has 0 aliphatic carbocycles. The number of rotatable bonds is 5. The van der Waals surface area contributed by atoms with Crippen molar-refractivity contribution in [2.24, 2.45) is 0 Å². The van der Waals surface area contributed by atoms with Gasteiger partial charge < -0.3 is 5.32 Å². The molecule has 2 N–H and O–H groups in total. The maximum absolute atomic E-state index is 11.0. The van der Waals surface area contributed by atoms with E-state index >= 15 is 0 Å². The van der Waals surface area contributed by atoms with Crippen LogP contribution in [0.2, 0.25) is 0 Å². The van der Waals surface area contributed by atoms with Crippen molar-refractivity contribution in [3.8, 4) is 0 Å². The Kier molecular flexibility index (Phi) is 3.42. The first kappa shape index (κ1) is 13.0. The number of nitro benzene ring substituents is 1. The largest absolute Gasteiger partial charge is 0.384 e. The first-order valence-electron chi connectivity index (χ1n) is 6.36. The van der Waals surface area contributed by atoms with Crippen LogP contribution in [0.4, 0.5) is 11.4 Å². The highest BCUT2D eigenvalue weighted by atomic mass is 16.6. The van der Waals surface area contributed by atoms with Crippen LogP contribution in [-0.2, 0) is 6.42 Å². The zero-order chi connectivity index (χ0) is 14.7. The van der Waals surface area contributed by atoms with Gasteiger partial charge in [-0.15, -0.1) is 0 Å². The van der Waals surface area contributed by atoms with Crippen LogP contribution in [-0.4, -0.2) is 31.6 Å². The predicted molar refractivity (Wildman–Crippen MR) is 77.0 cm³/mol. The molecule has 0 aliphatic heterocycles. The molecule has 0 radical (unpaired) electrons. The fourth-order valence-corrected chi connectivity index (χ4v) is 2.13. The number of aromatic nitrogens is 4. The normalized spacial score (nSPS) is 10.7. The second-order valence-corrected chi connectivity index (χ2v) is 4.40. The first-order chi connectivity index (χ1) is 10.3. The fourth-order valence-electron chi connectivity index (χ4n) is 2.13. The zero-order valence-electron chi connectivity index (χ0n) is 11.0. The van der Waals surface area contributed by atoms with Crippen molar-refractivity contribution in [2.75, 3.05) is 11.9 Å². The molecule has 21 heavy (non-hydrogen) atoms. The highest BCUT2D eigenvalue weighted by Crippen LogP contribution is 2.28. The van der Waals surface area contributed by atoms with Gasteiger partial charge in [0.2, 0.25) is 0 Å². The number of pyridine rings is 1. The van der Waals surface area contributed by atoms with Gasteiger partial charge in [-0.05, 0) is 6.07 Å². The first-order valence-corrected chi connectivity index (χ1v) is 6.36. The molecule has 8 nitrogen and oxygen atoms in total. The number of hydrogen-bond acceptors (Lipinski definition) is 6. The van der Waals surface area contributed by atoms with Crippen LogP contribution in [0.25, 0.3) is 10.9 Å². The Balaban J connectivity index is 1.85. The molecule has 0 atom stereocenters. The molecule has 0 bridgehead atoms. The van der Waals surface area contributed by atoms with Gasteiger partial charge in [0.1, 0.15) is 17.7 Å². The third-order valence-electron chi connectivity index (χ3n) is 3.09. The van der Waals surface area contributed by atoms with E-state index in [0.717, 1.165) is 16.9 Å². The van der Waals surface area contributed by atoms with E-state index in [-0.39, 0.29) is 5.69 Å². The topological polar surface area (TPSA) is 110 Å². The van der Waals surface area contributed by atoms with Gasteiger partial charge in [-0.3, -0.25) is 15.2 Å². The van der Waals surface area contributed by atoms with E-state index in [1.165, 1.54) is 12.4 Å². The molecular formula is C13H12N6O2. The number of para-hydroxylation sites is 1. The molecule has 0 amide bonds. The molecule has 0 aliphatic rings. The quantitative estimate of drug-likeness (QED) is 0.547. The molecule has 3 rings (SSSR count). The van der Waals surface area contributed by atoms with Crippen molar-refractivity contribution in [1.29, 1.82) is 0 Å². The number of H-pyrrole nitrogens is 1. The molecule has 0 fully saturated rings. The summed E-state index contributed by atoms with van der Waals surface area (Å²) in [6.07, 6.45) is 3.70. The molecule has 0 spiro atoms. The van der Waals surface area contributed by atoms with E-state index in [1.807, 2.05) is 6.07 Å².